The van der Waals surface area contributed by atoms with E-state index in [1.807, 2.05) is 26.0 Å². The van der Waals surface area contributed by atoms with Crippen molar-refractivity contribution in [2.45, 2.75) is 33.4 Å². The van der Waals surface area contributed by atoms with E-state index in [9.17, 15) is 9.90 Å². The summed E-state index contributed by atoms with van der Waals surface area (Å²) in [6, 6.07) is 12.2. The fourth-order valence-corrected chi connectivity index (χ4v) is 4.22. The monoisotopic (exact) mass is 449 g/mol. The van der Waals surface area contributed by atoms with Crippen molar-refractivity contribution < 1.29 is 14.6 Å². The molecule has 4 rings (SSSR count). The molecular formula is C25H31N5O3. The maximum absolute atomic E-state index is 12.2. The van der Waals surface area contributed by atoms with Crippen LogP contribution >= 0.6 is 0 Å². The minimum absolute atomic E-state index is 0.301. The predicted molar refractivity (Wildman–Crippen MR) is 127 cm³/mol. The summed E-state index contributed by atoms with van der Waals surface area (Å²) in [6.45, 7) is 8.58. The SMILES string of the molecule is Cc1cc(CNc2n[nH]c(Cc3ccc(CN4CCOCC4)cc3)c2C(N)=O)cc(C)c1O. The smallest absolute Gasteiger partial charge is 0.254 e. The second kappa shape index (κ2) is 10.1. The molecule has 1 amide bonds. The summed E-state index contributed by atoms with van der Waals surface area (Å²) < 4.78 is 5.41. The number of hydrogen-bond donors (Lipinski definition) is 4. The molecule has 0 unspecified atom stereocenters. The molecule has 0 saturated carbocycles. The van der Waals surface area contributed by atoms with Gasteiger partial charge in [-0.3, -0.25) is 14.8 Å². The van der Waals surface area contributed by atoms with Gasteiger partial charge in [-0.1, -0.05) is 36.4 Å². The van der Waals surface area contributed by atoms with Gasteiger partial charge in [0, 0.05) is 32.6 Å². The highest BCUT2D eigenvalue weighted by Crippen LogP contribution is 2.25. The lowest BCUT2D eigenvalue weighted by molar-refractivity contribution is 0.0342. The Morgan fingerprint density at radius 1 is 1.12 bits per heavy atom. The number of ether oxygens (including phenoxy) is 1. The lowest BCUT2D eigenvalue weighted by Gasteiger charge is -2.26. The van der Waals surface area contributed by atoms with Gasteiger partial charge < -0.3 is 20.9 Å². The van der Waals surface area contributed by atoms with Crippen LogP contribution in [0.2, 0.25) is 0 Å². The van der Waals surface area contributed by atoms with Crippen LogP contribution in [0.3, 0.4) is 0 Å². The molecule has 5 N–H and O–H groups in total. The number of amides is 1. The highest BCUT2D eigenvalue weighted by molar-refractivity contribution is 5.98. The molecule has 1 fully saturated rings. The van der Waals surface area contributed by atoms with E-state index >= 15 is 0 Å². The zero-order chi connectivity index (χ0) is 23.4. The van der Waals surface area contributed by atoms with E-state index in [1.165, 1.54) is 5.56 Å². The minimum atomic E-state index is -0.525. The molecular weight excluding hydrogens is 418 g/mol. The van der Waals surface area contributed by atoms with E-state index in [2.05, 4.69) is 44.7 Å². The molecule has 0 atom stereocenters. The number of anilines is 1. The van der Waals surface area contributed by atoms with Crippen LogP contribution in [0, 0.1) is 13.8 Å². The van der Waals surface area contributed by atoms with Crippen molar-refractivity contribution in [1.29, 1.82) is 0 Å². The van der Waals surface area contributed by atoms with Gasteiger partial charge in [-0.15, -0.1) is 0 Å². The number of nitrogens with zero attached hydrogens (tertiary/aromatic N) is 2. The number of aromatic hydroxyl groups is 1. The summed E-state index contributed by atoms with van der Waals surface area (Å²) in [4.78, 5) is 14.6. The Balaban J connectivity index is 1.43. The molecule has 2 aromatic carbocycles. The van der Waals surface area contributed by atoms with Crippen molar-refractivity contribution >= 4 is 11.7 Å². The van der Waals surface area contributed by atoms with E-state index in [-0.39, 0.29) is 0 Å². The molecule has 1 saturated heterocycles. The first kappa shape index (κ1) is 22.8. The third-order valence-electron chi connectivity index (χ3n) is 6.01. The molecule has 0 spiro atoms. The number of aromatic nitrogens is 2. The Morgan fingerprint density at radius 3 is 2.39 bits per heavy atom. The van der Waals surface area contributed by atoms with Gasteiger partial charge >= 0.3 is 0 Å². The van der Waals surface area contributed by atoms with Gasteiger partial charge in [-0.25, -0.2) is 0 Å². The number of H-pyrrole nitrogens is 1. The summed E-state index contributed by atoms with van der Waals surface area (Å²) in [5, 5.41) is 20.5. The van der Waals surface area contributed by atoms with Crippen LogP contribution in [0.15, 0.2) is 36.4 Å². The van der Waals surface area contributed by atoms with Crippen LogP contribution in [-0.4, -0.2) is 52.4 Å². The van der Waals surface area contributed by atoms with E-state index in [0.717, 1.165) is 55.1 Å². The largest absolute Gasteiger partial charge is 0.507 e. The fourth-order valence-electron chi connectivity index (χ4n) is 4.22. The maximum atomic E-state index is 12.2. The molecule has 1 aromatic heterocycles. The molecule has 3 aromatic rings. The minimum Gasteiger partial charge on any atom is -0.507 e. The topological polar surface area (TPSA) is 117 Å². The molecule has 1 aliphatic heterocycles. The van der Waals surface area contributed by atoms with Gasteiger partial charge in [0.1, 0.15) is 11.3 Å². The molecule has 0 bridgehead atoms. The van der Waals surface area contributed by atoms with Gasteiger partial charge in [0.2, 0.25) is 0 Å². The van der Waals surface area contributed by atoms with E-state index < -0.39 is 5.91 Å². The van der Waals surface area contributed by atoms with Crippen LogP contribution in [0.4, 0.5) is 5.82 Å². The van der Waals surface area contributed by atoms with Crippen LogP contribution in [0.1, 0.15) is 43.9 Å². The number of primary amides is 1. The standard InChI is InChI=1S/C25H31N5O3/c1-16-11-20(12-17(2)23(16)31)14-27-25-22(24(26)32)21(28-29-25)13-18-3-5-19(6-4-18)15-30-7-9-33-10-8-30/h3-6,11-12,31H,7-10,13-15H2,1-2H3,(H2,26,32)(H2,27,28,29). The summed E-state index contributed by atoms with van der Waals surface area (Å²) in [7, 11) is 0. The van der Waals surface area contributed by atoms with Crippen LogP contribution in [-0.2, 0) is 24.2 Å². The highest BCUT2D eigenvalue weighted by atomic mass is 16.5. The fraction of sp³-hybridized carbons (Fsp3) is 0.360. The quantitative estimate of drug-likeness (QED) is 0.420. The first-order valence-corrected chi connectivity index (χ1v) is 11.2. The molecule has 1 aliphatic rings. The summed E-state index contributed by atoms with van der Waals surface area (Å²) in [5.74, 6) is 0.211. The highest BCUT2D eigenvalue weighted by Gasteiger charge is 2.19. The molecule has 0 radical (unpaired) electrons. The van der Waals surface area contributed by atoms with Crippen molar-refractivity contribution in [1.82, 2.24) is 15.1 Å². The number of aryl methyl sites for hydroxylation is 2. The lowest BCUT2D eigenvalue weighted by Crippen LogP contribution is -2.35. The van der Waals surface area contributed by atoms with Gasteiger partial charge in [0.05, 0.1) is 18.9 Å². The number of nitrogens with two attached hydrogens (primary N) is 1. The average Bonchev–Trinajstić information content (AvgIpc) is 3.20. The summed E-state index contributed by atoms with van der Waals surface area (Å²) >= 11 is 0. The third kappa shape index (κ3) is 5.53. The lowest BCUT2D eigenvalue weighted by atomic mass is 10.0. The van der Waals surface area contributed by atoms with Crippen LogP contribution in [0.25, 0.3) is 0 Å². The number of morpholine rings is 1. The Hall–Kier alpha value is -3.36. The molecule has 8 nitrogen and oxygen atoms in total. The van der Waals surface area contributed by atoms with Crippen molar-refractivity contribution in [3.05, 3.63) is 75.5 Å². The number of carbonyl (C=O) groups excluding carboxylic acids is 1. The predicted octanol–water partition coefficient (Wildman–Crippen LogP) is 2.87. The van der Waals surface area contributed by atoms with Crippen LogP contribution < -0.4 is 11.1 Å². The molecule has 174 valence electrons. The van der Waals surface area contributed by atoms with Gasteiger partial charge in [-0.05, 0) is 41.7 Å². The molecule has 8 heteroatoms. The number of benzene rings is 2. The van der Waals surface area contributed by atoms with Crippen molar-refractivity contribution in [2.75, 3.05) is 31.6 Å². The van der Waals surface area contributed by atoms with Crippen molar-refractivity contribution in [2.24, 2.45) is 5.73 Å². The van der Waals surface area contributed by atoms with Gasteiger partial charge in [0.15, 0.2) is 5.82 Å². The number of carbonyl (C=O) groups is 1. The second-order valence-electron chi connectivity index (χ2n) is 8.60. The average molecular weight is 450 g/mol. The zero-order valence-corrected chi connectivity index (χ0v) is 19.1. The second-order valence-corrected chi connectivity index (χ2v) is 8.60. The number of phenolic OH excluding ortho intramolecular Hbond substituents is 1. The summed E-state index contributed by atoms with van der Waals surface area (Å²) in [5.41, 5.74) is 11.7. The Kier molecular flexibility index (Phi) is 6.96. The number of nitrogens with one attached hydrogen (secondary N) is 2. The number of rotatable bonds is 8. The third-order valence-corrected chi connectivity index (χ3v) is 6.01. The van der Waals surface area contributed by atoms with Crippen molar-refractivity contribution in [3.63, 3.8) is 0 Å². The van der Waals surface area contributed by atoms with E-state index in [1.54, 1.807) is 0 Å². The van der Waals surface area contributed by atoms with Gasteiger partial charge in [-0.2, -0.15) is 5.10 Å². The zero-order valence-electron chi connectivity index (χ0n) is 19.1. The Bertz CT molecular complexity index is 1090. The maximum Gasteiger partial charge on any atom is 0.254 e. The number of aromatic amines is 1. The Morgan fingerprint density at radius 2 is 1.76 bits per heavy atom. The van der Waals surface area contributed by atoms with E-state index in [0.29, 0.717) is 35.8 Å². The van der Waals surface area contributed by atoms with Crippen LogP contribution in [0.5, 0.6) is 5.75 Å². The van der Waals surface area contributed by atoms with Gasteiger partial charge in [0.25, 0.3) is 5.91 Å². The molecule has 33 heavy (non-hydrogen) atoms. The number of phenols is 1. The van der Waals surface area contributed by atoms with E-state index in [4.69, 9.17) is 10.5 Å². The normalized spacial score (nSPS) is 14.4. The first-order valence-electron chi connectivity index (χ1n) is 11.2. The molecule has 0 aliphatic carbocycles. The first-order chi connectivity index (χ1) is 15.9. The summed E-state index contributed by atoms with van der Waals surface area (Å²) in [6.07, 6.45) is 0.530. The molecule has 2 heterocycles. The van der Waals surface area contributed by atoms with Crippen molar-refractivity contribution in [3.8, 4) is 5.75 Å². The Labute approximate surface area is 193 Å². The number of hydrogen-bond acceptors (Lipinski definition) is 6.